The Hall–Kier alpha value is -2.62. The van der Waals surface area contributed by atoms with E-state index in [2.05, 4.69) is 62.3 Å². The molecule has 1 atom stereocenters. The molecule has 0 aliphatic carbocycles. The van der Waals surface area contributed by atoms with Crippen LogP contribution in [-0.2, 0) is 0 Å². The van der Waals surface area contributed by atoms with Crippen LogP contribution in [0.1, 0.15) is 65.7 Å². The maximum atomic E-state index is 12.2. The molecule has 0 fully saturated rings. The van der Waals surface area contributed by atoms with Gasteiger partial charge in [0.1, 0.15) is 0 Å². The van der Waals surface area contributed by atoms with Gasteiger partial charge in [0.05, 0.1) is 6.21 Å². The highest BCUT2D eigenvalue weighted by Crippen LogP contribution is 2.43. The van der Waals surface area contributed by atoms with Crippen molar-refractivity contribution in [3.8, 4) is 0 Å². The van der Waals surface area contributed by atoms with Crippen LogP contribution in [0.15, 0.2) is 41.5 Å². The van der Waals surface area contributed by atoms with Gasteiger partial charge in [0.15, 0.2) is 0 Å². The van der Waals surface area contributed by atoms with Crippen molar-refractivity contribution >= 4 is 17.8 Å². The largest absolute Gasteiger partial charge is 0.369 e. The molecule has 1 aliphatic heterocycles. The monoisotopic (exact) mass is 363 g/mol. The van der Waals surface area contributed by atoms with Crippen LogP contribution in [0.2, 0.25) is 0 Å². The van der Waals surface area contributed by atoms with Crippen LogP contribution in [-0.4, -0.2) is 24.7 Å². The van der Waals surface area contributed by atoms with Crippen LogP contribution < -0.4 is 10.3 Å². The van der Waals surface area contributed by atoms with Gasteiger partial charge in [-0.2, -0.15) is 5.10 Å². The third-order valence-corrected chi connectivity index (χ3v) is 5.70. The molecule has 0 saturated carbocycles. The number of aryl methyl sites for hydroxylation is 2. The Bertz CT molecular complexity index is 881. The van der Waals surface area contributed by atoms with Gasteiger partial charge in [0.2, 0.25) is 0 Å². The van der Waals surface area contributed by atoms with E-state index < -0.39 is 0 Å². The lowest BCUT2D eigenvalue weighted by atomic mass is 9.79. The summed E-state index contributed by atoms with van der Waals surface area (Å²) >= 11 is 0. The lowest BCUT2D eigenvalue weighted by molar-refractivity contribution is 0.0955. The van der Waals surface area contributed by atoms with Crippen molar-refractivity contribution in [2.24, 2.45) is 5.10 Å². The number of hydrogen-bond donors (Lipinski definition) is 1. The SMILES string of the molecule is Cc1ccc(C(=O)N/N=C\c2cc3c(cc2C)N(C)C(C)(C)C[C@H]3C)cc1. The van der Waals surface area contributed by atoms with Crippen molar-refractivity contribution in [1.82, 2.24) is 5.43 Å². The van der Waals surface area contributed by atoms with E-state index in [1.54, 1.807) is 6.21 Å². The molecule has 4 heteroatoms. The molecular formula is C23H29N3O. The molecule has 1 N–H and O–H groups in total. The first-order chi connectivity index (χ1) is 12.7. The summed E-state index contributed by atoms with van der Waals surface area (Å²) in [5, 5.41) is 4.18. The molecule has 2 aromatic carbocycles. The Morgan fingerprint density at radius 2 is 1.89 bits per heavy atom. The van der Waals surface area contributed by atoms with Crippen LogP contribution >= 0.6 is 0 Å². The highest BCUT2D eigenvalue weighted by molar-refractivity contribution is 5.95. The van der Waals surface area contributed by atoms with E-state index in [9.17, 15) is 4.79 Å². The predicted molar refractivity (Wildman–Crippen MR) is 113 cm³/mol. The quantitative estimate of drug-likeness (QED) is 0.629. The molecule has 142 valence electrons. The first kappa shape index (κ1) is 19.2. The van der Waals surface area contributed by atoms with E-state index in [1.807, 2.05) is 31.2 Å². The molecule has 0 spiro atoms. The molecule has 0 unspecified atom stereocenters. The van der Waals surface area contributed by atoms with Crippen LogP contribution in [0.25, 0.3) is 0 Å². The van der Waals surface area contributed by atoms with Crippen molar-refractivity contribution in [2.45, 2.75) is 52.5 Å². The van der Waals surface area contributed by atoms with Gasteiger partial charge in [0.25, 0.3) is 5.91 Å². The minimum atomic E-state index is -0.197. The van der Waals surface area contributed by atoms with Gasteiger partial charge >= 0.3 is 0 Å². The number of carbonyl (C=O) groups excluding carboxylic acids is 1. The molecule has 27 heavy (non-hydrogen) atoms. The fraction of sp³-hybridized carbons (Fsp3) is 0.391. The number of nitrogens with zero attached hydrogens (tertiary/aromatic N) is 2. The van der Waals surface area contributed by atoms with Crippen molar-refractivity contribution in [3.63, 3.8) is 0 Å². The maximum Gasteiger partial charge on any atom is 0.271 e. The second kappa shape index (κ2) is 7.18. The fourth-order valence-electron chi connectivity index (χ4n) is 3.80. The van der Waals surface area contributed by atoms with Crippen LogP contribution in [0.4, 0.5) is 5.69 Å². The Labute approximate surface area is 162 Å². The number of rotatable bonds is 3. The minimum absolute atomic E-state index is 0.149. The van der Waals surface area contributed by atoms with E-state index in [0.717, 1.165) is 23.1 Å². The van der Waals surface area contributed by atoms with Gasteiger partial charge < -0.3 is 4.90 Å². The van der Waals surface area contributed by atoms with Crippen molar-refractivity contribution < 1.29 is 4.79 Å². The number of carbonyl (C=O) groups is 1. The van der Waals surface area contributed by atoms with E-state index in [0.29, 0.717) is 11.5 Å². The third-order valence-electron chi connectivity index (χ3n) is 5.70. The van der Waals surface area contributed by atoms with Gasteiger partial charge in [-0.05, 0) is 81.0 Å². The average molecular weight is 364 g/mol. The number of benzene rings is 2. The molecule has 0 aromatic heterocycles. The van der Waals surface area contributed by atoms with Gasteiger partial charge in [-0.15, -0.1) is 0 Å². The zero-order valence-corrected chi connectivity index (χ0v) is 17.1. The standard InChI is InChI=1S/C23H29N3O/c1-15-7-9-18(10-8-15)22(27)25-24-14-19-12-20-17(3)13-23(4,5)26(6)21(20)11-16(19)2/h7-12,14,17H,13H2,1-6H3,(H,25,27)/b24-14-/t17-/m1/s1. The van der Waals surface area contributed by atoms with Crippen molar-refractivity contribution in [1.29, 1.82) is 0 Å². The average Bonchev–Trinajstić information content (AvgIpc) is 2.61. The molecule has 0 radical (unpaired) electrons. The summed E-state index contributed by atoms with van der Waals surface area (Å²) in [6.45, 7) is 10.9. The number of amides is 1. The van der Waals surface area contributed by atoms with E-state index in [-0.39, 0.29) is 11.4 Å². The Morgan fingerprint density at radius 3 is 2.56 bits per heavy atom. The van der Waals surface area contributed by atoms with Crippen molar-refractivity contribution in [3.05, 3.63) is 64.2 Å². The molecule has 2 aromatic rings. The Morgan fingerprint density at radius 1 is 1.22 bits per heavy atom. The molecule has 1 amide bonds. The van der Waals surface area contributed by atoms with Gasteiger partial charge in [-0.1, -0.05) is 24.6 Å². The smallest absolute Gasteiger partial charge is 0.271 e. The number of fused-ring (bicyclic) bond motifs is 1. The highest BCUT2D eigenvalue weighted by atomic mass is 16.2. The van der Waals surface area contributed by atoms with E-state index in [4.69, 9.17) is 0 Å². The molecular weight excluding hydrogens is 334 g/mol. The summed E-state index contributed by atoms with van der Waals surface area (Å²) < 4.78 is 0. The van der Waals surface area contributed by atoms with Crippen molar-refractivity contribution in [2.75, 3.05) is 11.9 Å². The summed E-state index contributed by atoms with van der Waals surface area (Å²) in [4.78, 5) is 14.6. The summed E-state index contributed by atoms with van der Waals surface area (Å²) in [5.41, 5.74) is 9.33. The van der Waals surface area contributed by atoms with E-state index in [1.165, 1.54) is 11.3 Å². The summed E-state index contributed by atoms with van der Waals surface area (Å²) in [7, 11) is 2.17. The lowest BCUT2D eigenvalue weighted by Gasteiger charge is -2.45. The summed E-state index contributed by atoms with van der Waals surface area (Å²) in [6, 6.07) is 11.9. The Balaban J connectivity index is 1.80. The number of anilines is 1. The van der Waals surface area contributed by atoms with Crippen LogP contribution in [0.5, 0.6) is 0 Å². The minimum Gasteiger partial charge on any atom is -0.369 e. The zero-order valence-electron chi connectivity index (χ0n) is 17.1. The van der Waals surface area contributed by atoms with Gasteiger partial charge in [0, 0.05) is 23.8 Å². The number of hydrogen-bond acceptors (Lipinski definition) is 3. The summed E-state index contributed by atoms with van der Waals surface area (Å²) in [6.07, 6.45) is 2.86. The molecule has 1 aliphatic rings. The number of nitrogens with one attached hydrogen (secondary N) is 1. The lowest BCUT2D eigenvalue weighted by Crippen LogP contribution is -2.45. The topological polar surface area (TPSA) is 44.7 Å². The van der Waals surface area contributed by atoms with Gasteiger partial charge in [-0.3, -0.25) is 4.79 Å². The number of hydrazone groups is 1. The van der Waals surface area contributed by atoms with Crippen LogP contribution in [0, 0.1) is 13.8 Å². The predicted octanol–water partition coefficient (Wildman–Crippen LogP) is 4.79. The third kappa shape index (κ3) is 3.90. The second-order valence-electron chi connectivity index (χ2n) is 8.31. The molecule has 0 saturated heterocycles. The molecule has 0 bridgehead atoms. The first-order valence-corrected chi connectivity index (χ1v) is 9.47. The Kier molecular flexibility index (Phi) is 5.09. The van der Waals surface area contributed by atoms with Gasteiger partial charge in [-0.25, -0.2) is 5.43 Å². The maximum absolute atomic E-state index is 12.2. The molecule has 4 nitrogen and oxygen atoms in total. The first-order valence-electron chi connectivity index (χ1n) is 9.47. The molecule has 1 heterocycles. The summed E-state index contributed by atoms with van der Waals surface area (Å²) in [5.74, 6) is 0.290. The highest BCUT2D eigenvalue weighted by Gasteiger charge is 2.34. The fourth-order valence-corrected chi connectivity index (χ4v) is 3.80. The van der Waals surface area contributed by atoms with E-state index >= 15 is 0 Å². The van der Waals surface area contributed by atoms with Crippen LogP contribution in [0.3, 0.4) is 0 Å². The normalized spacial score (nSPS) is 18.4. The molecule has 3 rings (SSSR count). The second-order valence-corrected chi connectivity index (χ2v) is 8.31. The zero-order chi connectivity index (χ0) is 19.8.